The smallest absolute Gasteiger partial charge is 0.371 e. The molecule has 0 aliphatic heterocycles. The van der Waals surface area contributed by atoms with E-state index in [0.717, 1.165) is 0 Å². The highest BCUT2D eigenvalue weighted by molar-refractivity contribution is 9.10. The molecule has 11 heavy (non-hydrogen) atoms. The summed E-state index contributed by atoms with van der Waals surface area (Å²) in [6.07, 6.45) is 0. The van der Waals surface area contributed by atoms with Gasteiger partial charge in [0.15, 0.2) is 0 Å². The van der Waals surface area contributed by atoms with Gasteiger partial charge in [-0.1, -0.05) is 0 Å². The number of carbonyl (C=O) groups is 1. The van der Waals surface area contributed by atoms with Crippen molar-refractivity contribution in [3.8, 4) is 0 Å². The van der Waals surface area contributed by atoms with E-state index in [1.54, 1.807) is 0 Å². The maximum Gasteiger partial charge on any atom is 0.371 e. The molecule has 0 bridgehead atoms. The van der Waals surface area contributed by atoms with Crippen LogP contribution in [0.25, 0.3) is 0 Å². The second-order valence-electron chi connectivity index (χ2n) is 1.82. The normalized spacial score (nSPS) is 10.0. The summed E-state index contributed by atoms with van der Waals surface area (Å²) in [6, 6.07) is 1.38. The van der Waals surface area contributed by atoms with E-state index < -0.39 is 5.97 Å². The largest absolute Gasteiger partial charge is 0.475 e. The first kappa shape index (κ1) is 8.62. The van der Waals surface area contributed by atoms with Crippen LogP contribution in [0.2, 0.25) is 0 Å². The van der Waals surface area contributed by atoms with Gasteiger partial charge in [0, 0.05) is 6.07 Å². The lowest BCUT2D eigenvalue weighted by molar-refractivity contribution is 0.0661. The third kappa shape index (κ3) is 1.75. The molecule has 0 unspecified atom stereocenters. The van der Waals surface area contributed by atoms with Crippen LogP contribution in [0.5, 0.6) is 0 Å². The first-order valence-electron chi connectivity index (χ1n) is 2.72. The lowest BCUT2D eigenvalue weighted by Gasteiger charge is -1.86. The predicted molar refractivity (Wildman–Crippen MR) is 42.9 cm³/mol. The number of hydrogen-bond donors (Lipinski definition) is 1. The number of halogens is 2. The van der Waals surface area contributed by atoms with Crippen molar-refractivity contribution in [3.05, 3.63) is 22.1 Å². The van der Waals surface area contributed by atoms with Crippen LogP contribution in [0.1, 0.15) is 16.3 Å². The molecular formula is C6H4BrClO3. The Kier molecular flexibility index (Phi) is 2.57. The fraction of sp³-hybridized carbons (Fsp3) is 0.167. The Bertz CT molecular complexity index is 281. The summed E-state index contributed by atoms with van der Waals surface area (Å²) in [6.45, 7) is 0. The Hall–Kier alpha value is -0.480. The Morgan fingerprint density at radius 3 is 2.73 bits per heavy atom. The van der Waals surface area contributed by atoms with E-state index in [2.05, 4.69) is 15.9 Å². The van der Waals surface area contributed by atoms with Gasteiger partial charge in [-0.15, -0.1) is 11.6 Å². The summed E-state index contributed by atoms with van der Waals surface area (Å²) in [5, 5.41) is 8.46. The Balaban J connectivity index is 3.05. The number of carboxylic acids is 1. The van der Waals surface area contributed by atoms with E-state index in [-0.39, 0.29) is 11.6 Å². The average Bonchev–Trinajstić information content (AvgIpc) is 2.31. The highest BCUT2D eigenvalue weighted by Gasteiger charge is 2.12. The quantitative estimate of drug-likeness (QED) is 0.807. The van der Waals surface area contributed by atoms with E-state index in [0.29, 0.717) is 10.2 Å². The summed E-state index contributed by atoms with van der Waals surface area (Å²) >= 11 is 8.54. The summed E-state index contributed by atoms with van der Waals surface area (Å²) in [7, 11) is 0. The topological polar surface area (TPSA) is 50.4 Å². The first-order chi connectivity index (χ1) is 5.15. The zero-order valence-electron chi connectivity index (χ0n) is 5.30. The van der Waals surface area contributed by atoms with Gasteiger partial charge in [-0.05, 0) is 15.9 Å². The molecule has 1 rings (SSSR count). The fourth-order valence-corrected chi connectivity index (χ4v) is 1.39. The second kappa shape index (κ2) is 3.28. The van der Waals surface area contributed by atoms with Crippen molar-refractivity contribution in [2.75, 3.05) is 0 Å². The number of furan rings is 1. The minimum Gasteiger partial charge on any atom is -0.475 e. The van der Waals surface area contributed by atoms with Gasteiger partial charge in [0.05, 0.1) is 10.4 Å². The molecule has 0 saturated heterocycles. The van der Waals surface area contributed by atoms with Crippen LogP contribution in [0, 0.1) is 0 Å². The maximum absolute atomic E-state index is 10.3. The van der Waals surface area contributed by atoms with Crippen LogP contribution in [-0.4, -0.2) is 11.1 Å². The van der Waals surface area contributed by atoms with Crippen molar-refractivity contribution in [2.45, 2.75) is 5.88 Å². The molecule has 0 aliphatic rings. The fourth-order valence-electron chi connectivity index (χ4n) is 0.603. The molecule has 0 aromatic carbocycles. The van der Waals surface area contributed by atoms with E-state index >= 15 is 0 Å². The monoisotopic (exact) mass is 238 g/mol. The molecule has 1 N–H and O–H groups in total. The number of carboxylic acid groups (broad SMARTS) is 1. The first-order valence-corrected chi connectivity index (χ1v) is 4.05. The number of alkyl halides is 1. The minimum absolute atomic E-state index is 0.104. The second-order valence-corrected chi connectivity index (χ2v) is 2.94. The van der Waals surface area contributed by atoms with Crippen molar-refractivity contribution in [3.63, 3.8) is 0 Å². The van der Waals surface area contributed by atoms with E-state index in [9.17, 15) is 4.79 Å². The molecule has 0 atom stereocenters. The molecule has 0 fully saturated rings. The molecular weight excluding hydrogens is 235 g/mol. The molecule has 0 aliphatic carbocycles. The van der Waals surface area contributed by atoms with E-state index in [1.807, 2.05) is 0 Å². The summed E-state index contributed by atoms with van der Waals surface area (Å²) in [4.78, 5) is 10.3. The third-order valence-electron chi connectivity index (χ3n) is 1.09. The molecule has 1 aromatic rings. The van der Waals surface area contributed by atoms with Gasteiger partial charge in [-0.2, -0.15) is 0 Å². The van der Waals surface area contributed by atoms with Gasteiger partial charge in [-0.25, -0.2) is 4.79 Å². The molecule has 0 radical (unpaired) electrons. The number of rotatable bonds is 2. The Morgan fingerprint density at radius 1 is 1.82 bits per heavy atom. The minimum atomic E-state index is -1.10. The molecule has 0 amide bonds. The van der Waals surface area contributed by atoms with Crippen LogP contribution < -0.4 is 0 Å². The van der Waals surface area contributed by atoms with Gasteiger partial charge in [0.2, 0.25) is 5.76 Å². The van der Waals surface area contributed by atoms with Crippen LogP contribution in [0.4, 0.5) is 0 Å². The molecule has 1 heterocycles. The standard InChI is InChI=1S/C6H4BrClO3/c7-3-1-4(6(9)10)11-5(3)2-8/h1H,2H2,(H,9,10). The summed E-state index contributed by atoms with van der Waals surface area (Å²) < 4.78 is 5.43. The van der Waals surface area contributed by atoms with Gasteiger partial charge < -0.3 is 9.52 Å². The zero-order valence-corrected chi connectivity index (χ0v) is 7.65. The van der Waals surface area contributed by atoms with Gasteiger partial charge in [0.1, 0.15) is 5.76 Å². The molecule has 5 heteroatoms. The van der Waals surface area contributed by atoms with Gasteiger partial charge in [0.25, 0.3) is 0 Å². The Morgan fingerprint density at radius 2 is 2.45 bits per heavy atom. The maximum atomic E-state index is 10.3. The molecule has 1 aromatic heterocycles. The lowest BCUT2D eigenvalue weighted by Crippen LogP contribution is -1.91. The van der Waals surface area contributed by atoms with Crippen LogP contribution in [-0.2, 0) is 5.88 Å². The summed E-state index contributed by atoms with van der Waals surface area (Å²) in [5.41, 5.74) is 0. The summed E-state index contributed by atoms with van der Waals surface area (Å²) in [5.74, 6) is -0.605. The van der Waals surface area contributed by atoms with Crippen molar-refractivity contribution in [1.29, 1.82) is 0 Å². The average molecular weight is 239 g/mol. The third-order valence-corrected chi connectivity index (χ3v) is 2.00. The van der Waals surface area contributed by atoms with Gasteiger partial charge >= 0.3 is 5.97 Å². The van der Waals surface area contributed by atoms with Crippen molar-refractivity contribution in [1.82, 2.24) is 0 Å². The van der Waals surface area contributed by atoms with Crippen LogP contribution in [0.3, 0.4) is 0 Å². The molecule has 0 saturated carbocycles. The van der Waals surface area contributed by atoms with Crippen molar-refractivity contribution < 1.29 is 14.3 Å². The SMILES string of the molecule is O=C(O)c1cc(Br)c(CCl)o1. The lowest BCUT2D eigenvalue weighted by atomic mass is 10.4. The number of hydrogen-bond acceptors (Lipinski definition) is 2. The zero-order chi connectivity index (χ0) is 8.43. The van der Waals surface area contributed by atoms with E-state index in [1.165, 1.54) is 6.07 Å². The van der Waals surface area contributed by atoms with Crippen molar-refractivity contribution >= 4 is 33.5 Å². The predicted octanol–water partition coefficient (Wildman–Crippen LogP) is 2.48. The highest BCUT2D eigenvalue weighted by atomic mass is 79.9. The van der Waals surface area contributed by atoms with Crippen LogP contribution >= 0.6 is 27.5 Å². The van der Waals surface area contributed by atoms with E-state index in [4.69, 9.17) is 21.1 Å². The molecule has 0 spiro atoms. The van der Waals surface area contributed by atoms with Crippen molar-refractivity contribution in [2.24, 2.45) is 0 Å². The van der Waals surface area contributed by atoms with Gasteiger partial charge in [-0.3, -0.25) is 0 Å². The Labute approximate surface area is 76.1 Å². The number of aromatic carboxylic acids is 1. The van der Waals surface area contributed by atoms with Crippen LogP contribution in [0.15, 0.2) is 15.0 Å². The molecule has 3 nitrogen and oxygen atoms in total. The molecule has 60 valence electrons. The highest BCUT2D eigenvalue weighted by Crippen LogP contribution is 2.22.